The molecule has 8 heteroatoms. The van der Waals surface area contributed by atoms with Crippen molar-refractivity contribution in [1.29, 1.82) is 0 Å². The Morgan fingerprint density at radius 2 is 0.375 bits per heavy atom. The van der Waals surface area contributed by atoms with E-state index in [1.54, 1.807) is 0 Å². The zero-order valence-electron chi connectivity index (χ0n) is 3.31. The maximum Gasteiger partial charge on any atom is 5.00 e. The van der Waals surface area contributed by atoms with Gasteiger partial charge in [-0.1, -0.05) is 0 Å². The summed E-state index contributed by atoms with van der Waals surface area (Å²) < 4.78 is 0. The number of hydrogen-bond acceptors (Lipinski definition) is 0. The third-order valence-corrected chi connectivity index (χ3v) is 0. The van der Waals surface area contributed by atoms with Gasteiger partial charge < -0.3 is 27.4 Å². The Bertz CT molecular complexity index is 10.4. The minimum absolute atomic E-state index is 0. The van der Waals surface area contributed by atoms with Crippen LogP contribution in [0.3, 0.4) is 0 Å². The zero-order chi connectivity index (χ0) is 0. The number of rotatable bonds is 0. The first-order valence-electron chi connectivity index (χ1n) is 0. The van der Waals surface area contributed by atoms with E-state index in [1.165, 1.54) is 0 Å². The number of hydrogen-bond donors (Lipinski definition) is 0. The monoisotopic (exact) mass is 217 g/mol. The van der Waals surface area contributed by atoms with Gasteiger partial charge in [0.1, 0.15) is 0 Å². The average Bonchev–Trinajstić information content (AvgIpc) is 0. The molecule has 0 heterocycles. The second-order valence-electron chi connectivity index (χ2n) is 0. The van der Waals surface area contributed by atoms with E-state index < -0.39 is 0 Å². The van der Waals surface area contributed by atoms with Gasteiger partial charge in [0.25, 0.3) is 0 Å². The molecule has 0 aliphatic heterocycles. The second-order valence-corrected chi connectivity index (χ2v) is 0. The molecule has 1 radical (unpaired) electrons. The summed E-state index contributed by atoms with van der Waals surface area (Å²) in [4.78, 5) is 0. The van der Waals surface area contributed by atoms with Crippen LogP contribution in [0.25, 0.3) is 0 Å². The van der Waals surface area contributed by atoms with E-state index in [4.69, 9.17) is 0 Å². The second kappa shape index (κ2) is 275. The van der Waals surface area contributed by atoms with E-state index in [0.29, 0.717) is 0 Å². The van der Waals surface area contributed by atoms with Gasteiger partial charge in [-0.2, -0.15) is 0 Å². The van der Waals surface area contributed by atoms with Crippen molar-refractivity contribution in [1.82, 2.24) is 0 Å². The summed E-state index contributed by atoms with van der Waals surface area (Å²) in [6.07, 6.45) is 0. The minimum Gasteiger partial charge on any atom is -2.00 e. The molecule has 0 fully saturated rings. The minimum atomic E-state index is 0. The quantitative estimate of drug-likeness (QED) is 0.542. The molecule has 0 N–H and O–H groups in total. The summed E-state index contributed by atoms with van der Waals surface area (Å²) in [6.45, 7) is 0. The Kier molecular flexibility index (Phi) is 13700. The van der Waals surface area contributed by atoms with E-state index in [-0.39, 0.29) is 76.9 Å². The number of halogens is 1. The Morgan fingerprint density at radius 3 is 0.375 bits per heavy atom. The first-order chi connectivity index (χ1) is 0. The van der Waals surface area contributed by atoms with Crippen LogP contribution in [0, 0.1) is 0 Å². The third kappa shape index (κ3) is 179. The molecule has 0 saturated carbocycles. The van der Waals surface area contributed by atoms with Crippen LogP contribution in [0.15, 0.2) is 0 Å². The van der Waals surface area contributed by atoms with E-state index in [9.17, 15) is 0 Å². The van der Waals surface area contributed by atoms with Crippen LogP contribution in [0.5, 0.6) is 0 Å². The zero-order valence-corrected chi connectivity index (χ0v) is 6.86. The molecule has 0 spiro atoms. The average molecular weight is 217 g/mol. The topological polar surface area (TPSA) is 142 Å². The van der Waals surface area contributed by atoms with Crippen LogP contribution in [0.1, 0.15) is 0 Å². The summed E-state index contributed by atoms with van der Waals surface area (Å²) in [5.41, 5.74) is 0. The normalized spacial score (nSPS) is 0. The molecule has 0 aromatic heterocycles. The van der Waals surface area contributed by atoms with Crippen LogP contribution >= 0.6 is 12.4 Å². The molecule has 0 rings (SSSR count). The van der Waals surface area contributed by atoms with Gasteiger partial charge >= 0.3 is 37.1 Å². The van der Waals surface area contributed by atoms with Gasteiger partial charge in [-0.3, -0.25) is 0 Å². The third-order valence-electron chi connectivity index (χ3n) is 0. The first-order valence-corrected chi connectivity index (χ1v) is 0. The van der Waals surface area contributed by atoms with Crippen LogP contribution in [-0.2, 0) is 64.5 Å². The molecule has 0 aromatic rings. The predicted molar refractivity (Wildman–Crippen MR) is 9.29 cm³/mol. The first kappa shape index (κ1) is 399. The fraction of sp³-hybridized carbons (Fsp3) is 0. The van der Waals surface area contributed by atoms with Crippen molar-refractivity contribution in [3.05, 3.63) is 0 Å². The molecule has 0 aliphatic rings. The van der Waals surface area contributed by atoms with Crippen LogP contribution in [0.2, 0.25) is 0 Å². The molecule has 5 nitrogen and oxygen atoms in total. The summed E-state index contributed by atoms with van der Waals surface area (Å²) in [5.74, 6) is 0. The smallest absolute Gasteiger partial charge is 2.00 e. The van der Waals surface area contributed by atoms with Crippen LogP contribution in [-0.4, -0.2) is 0 Å². The molecule has 8 heavy (non-hydrogen) atoms. The molecular weight excluding hydrogens is 217 g/mol. The molecule has 0 bridgehead atoms. The molecule has 0 atom stereocenters. The molecule has 47 valence electrons. The van der Waals surface area contributed by atoms with Crippen molar-refractivity contribution in [2.45, 2.75) is 0 Å². The van der Waals surface area contributed by atoms with E-state index in [2.05, 4.69) is 0 Å². The largest absolute Gasteiger partial charge is 5.00 e. The Morgan fingerprint density at radius 1 is 0.375 bits per heavy atom. The van der Waals surface area contributed by atoms with Gasteiger partial charge in [-0.05, 0) is 0 Å². The van der Waals surface area contributed by atoms with Gasteiger partial charge in [-0.15, -0.1) is 0 Å². The van der Waals surface area contributed by atoms with E-state index >= 15 is 0 Å². The fourth-order valence-corrected chi connectivity index (χ4v) is 0. The Labute approximate surface area is 76.9 Å². The summed E-state index contributed by atoms with van der Waals surface area (Å²) in [6, 6.07) is 0. The maximum absolute atomic E-state index is 0. The predicted octanol–water partition coefficient (Wildman–Crippen LogP) is 0.0905. The van der Waals surface area contributed by atoms with Gasteiger partial charge in [-0.25, -0.2) is 0 Å². The Hall–Kier alpha value is 1.26. The maximum atomic E-state index is 0. The Balaban J connectivity index is 0. The van der Waals surface area contributed by atoms with Gasteiger partial charge in [0.15, 0.2) is 0 Å². The molecule has 0 amide bonds. The van der Waals surface area contributed by atoms with Crippen molar-refractivity contribution in [3.8, 4) is 0 Å². The van der Waals surface area contributed by atoms with Crippen molar-refractivity contribution < 1.29 is 64.5 Å². The molecular formula is ClO5V2. The molecule has 0 aromatic carbocycles. The summed E-state index contributed by atoms with van der Waals surface area (Å²) in [5, 5.41) is 0. The van der Waals surface area contributed by atoms with Crippen LogP contribution in [0.4, 0.5) is 0 Å². The van der Waals surface area contributed by atoms with E-state index in [1.807, 2.05) is 0 Å². The van der Waals surface area contributed by atoms with E-state index in [0.717, 1.165) is 0 Å². The van der Waals surface area contributed by atoms with Crippen molar-refractivity contribution in [2.75, 3.05) is 0 Å². The molecule has 0 unspecified atom stereocenters. The molecule has 0 aliphatic carbocycles. The van der Waals surface area contributed by atoms with Crippen molar-refractivity contribution in [3.63, 3.8) is 0 Å². The molecule has 0 saturated heterocycles. The van der Waals surface area contributed by atoms with Crippen LogP contribution < -0.4 is 0 Å². The van der Waals surface area contributed by atoms with Gasteiger partial charge in [0.05, 0.1) is 0 Å². The summed E-state index contributed by atoms with van der Waals surface area (Å²) in [7, 11) is 0. The standard InChI is InChI=1S/Cl.5O.2V/q;5*-2;2*+5. The van der Waals surface area contributed by atoms with Gasteiger partial charge in [0.2, 0.25) is 0 Å². The van der Waals surface area contributed by atoms with Crippen molar-refractivity contribution >= 4 is 12.4 Å². The fourth-order valence-electron chi connectivity index (χ4n) is 0. The summed E-state index contributed by atoms with van der Waals surface area (Å²) >= 11 is 0. The SMILES string of the molecule is [Cl].[O-2].[O-2].[O-2].[O-2].[O-2].[V+5].[V+5]. The van der Waals surface area contributed by atoms with Gasteiger partial charge in [0, 0.05) is 12.4 Å². The van der Waals surface area contributed by atoms with Crippen molar-refractivity contribution in [2.24, 2.45) is 0 Å².